The fourth-order valence-corrected chi connectivity index (χ4v) is 2.92. The number of ether oxygens (including phenoxy) is 1. The summed E-state index contributed by atoms with van der Waals surface area (Å²) in [4.78, 5) is 0. The summed E-state index contributed by atoms with van der Waals surface area (Å²) < 4.78 is 20.4. The lowest BCUT2D eigenvalue weighted by atomic mass is 10.1. The minimum atomic E-state index is -0.293. The number of nitrogens with one attached hydrogen (secondary N) is 1. The van der Waals surface area contributed by atoms with E-state index in [0.717, 1.165) is 16.8 Å². The first kappa shape index (κ1) is 17.9. The van der Waals surface area contributed by atoms with E-state index in [1.165, 1.54) is 12.1 Å². The molecule has 136 valence electrons. The monoisotopic (exact) mass is 355 g/mol. The lowest BCUT2D eigenvalue weighted by Crippen LogP contribution is -2.18. The lowest BCUT2D eigenvalue weighted by molar-refractivity contribution is 0.409. The third-order valence-electron chi connectivity index (χ3n) is 4.45. The topological polar surface area (TPSA) is 59.3 Å². The maximum Gasteiger partial charge on any atom is 0.125 e. The average Bonchev–Trinajstić information content (AvgIpc) is 3.02. The van der Waals surface area contributed by atoms with Crippen LogP contribution in [0, 0.1) is 12.7 Å². The first-order chi connectivity index (χ1) is 12.5. The van der Waals surface area contributed by atoms with Gasteiger partial charge >= 0.3 is 0 Å². The molecular weight excluding hydrogens is 333 g/mol. The highest BCUT2D eigenvalue weighted by atomic mass is 19.1. The van der Waals surface area contributed by atoms with Gasteiger partial charge < -0.3 is 15.2 Å². The summed E-state index contributed by atoms with van der Waals surface area (Å²) >= 11 is 0. The van der Waals surface area contributed by atoms with Crippen LogP contribution in [0.2, 0.25) is 0 Å². The smallest absolute Gasteiger partial charge is 0.125 e. The molecule has 1 aromatic heterocycles. The van der Waals surface area contributed by atoms with Crippen molar-refractivity contribution in [2.24, 2.45) is 0 Å². The fourth-order valence-electron chi connectivity index (χ4n) is 2.92. The molecule has 0 fully saturated rings. The summed E-state index contributed by atoms with van der Waals surface area (Å²) in [5, 5.41) is 17.8. The van der Waals surface area contributed by atoms with E-state index >= 15 is 0 Å². The van der Waals surface area contributed by atoms with Crippen molar-refractivity contribution in [2.75, 3.05) is 7.11 Å². The van der Waals surface area contributed by atoms with Crippen LogP contribution in [0.15, 0.2) is 48.7 Å². The molecule has 0 saturated heterocycles. The van der Waals surface area contributed by atoms with Gasteiger partial charge in [-0.2, -0.15) is 5.10 Å². The number of methoxy groups -OCH3 is 1. The maximum absolute atomic E-state index is 13.5. The van der Waals surface area contributed by atoms with Crippen molar-refractivity contribution >= 4 is 0 Å². The Morgan fingerprint density at radius 1 is 1.27 bits per heavy atom. The molecule has 26 heavy (non-hydrogen) atoms. The Hall–Kier alpha value is -2.86. The van der Waals surface area contributed by atoms with E-state index in [4.69, 9.17) is 4.74 Å². The second-order valence-electron chi connectivity index (χ2n) is 6.17. The molecular formula is C20H22FN3O2. The zero-order valence-electron chi connectivity index (χ0n) is 15.0. The van der Waals surface area contributed by atoms with Gasteiger partial charge in [0.25, 0.3) is 0 Å². The summed E-state index contributed by atoms with van der Waals surface area (Å²) in [6.45, 7) is 4.46. The SMILES string of the molecule is COc1ccc(O)c(CN[C@H](C)c2cnn(-c3cccc(F)c3)c2C)c1. The molecule has 0 spiro atoms. The van der Waals surface area contributed by atoms with Gasteiger partial charge in [0.2, 0.25) is 0 Å². The summed E-state index contributed by atoms with van der Waals surface area (Å²) in [7, 11) is 1.59. The maximum atomic E-state index is 13.5. The summed E-state index contributed by atoms with van der Waals surface area (Å²) in [6, 6.07) is 11.5. The number of aromatic nitrogens is 2. The van der Waals surface area contributed by atoms with Crippen molar-refractivity contribution in [3.8, 4) is 17.2 Å². The Bertz CT molecular complexity index is 908. The van der Waals surface area contributed by atoms with E-state index in [-0.39, 0.29) is 17.6 Å². The Morgan fingerprint density at radius 2 is 2.08 bits per heavy atom. The number of aromatic hydroxyl groups is 1. The molecule has 0 saturated carbocycles. The van der Waals surface area contributed by atoms with Crippen molar-refractivity contribution in [3.63, 3.8) is 0 Å². The van der Waals surface area contributed by atoms with Crippen LogP contribution in [0.5, 0.6) is 11.5 Å². The van der Waals surface area contributed by atoms with Gasteiger partial charge in [0, 0.05) is 29.4 Å². The Balaban J connectivity index is 1.76. The largest absolute Gasteiger partial charge is 0.508 e. The highest BCUT2D eigenvalue weighted by Gasteiger charge is 2.15. The van der Waals surface area contributed by atoms with Crippen LogP contribution in [0.1, 0.15) is 29.8 Å². The number of rotatable bonds is 6. The summed E-state index contributed by atoms with van der Waals surface area (Å²) in [5.41, 5.74) is 3.39. The highest BCUT2D eigenvalue weighted by Crippen LogP contribution is 2.25. The molecule has 0 aliphatic carbocycles. The van der Waals surface area contributed by atoms with Crippen molar-refractivity contribution in [1.29, 1.82) is 0 Å². The molecule has 3 rings (SSSR count). The molecule has 3 aromatic rings. The zero-order chi connectivity index (χ0) is 18.7. The number of phenolic OH excluding ortho intramolecular Hbond substituents is 1. The van der Waals surface area contributed by atoms with Gasteiger partial charge in [-0.25, -0.2) is 9.07 Å². The minimum absolute atomic E-state index is 0.00269. The quantitative estimate of drug-likeness (QED) is 0.704. The third-order valence-corrected chi connectivity index (χ3v) is 4.45. The van der Waals surface area contributed by atoms with Gasteiger partial charge in [0.05, 0.1) is 19.0 Å². The van der Waals surface area contributed by atoms with Crippen LogP contribution in [0.25, 0.3) is 5.69 Å². The molecule has 0 aliphatic rings. The standard InChI is InChI=1S/C20H22FN3O2/c1-13(22-11-15-9-18(26-3)7-8-20(15)25)19-12-23-24(14(19)2)17-6-4-5-16(21)10-17/h4-10,12-13,22,25H,11H2,1-3H3/t13-/m1/s1. The number of halogens is 1. The normalized spacial score (nSPS) is 12.2. The van der Waals surface area contributed by atoms with Gasteiger partial charge in [0.1, 0.15) is 17.3 Å². The molecule has 1 heterocycles. The molecule has 0 bridgehead atoms. The molecule has 0 radical (unpaired) electrons. The summed E-state index contributed by atoms with van der Waals surface area (Å²) in [5.74, 6) is 0.624. The number of phenols is 1. The van der Waals surface area contributed by atoms with Gasteiger partial charge in [0.15, 0.2) is 0 Å². The Labute approximate surface area is 152 Å². The highest BCUT2D eigenvalue weighted by molar-refractivity contribution is 5.39. The van der Waals surface area contributed by atoms with Crippen molar-refractivity contribution < 1.29 is 14.2 Å². The number of nitrogens with zero attached hydrogens (tertiary/aromatic N) is 2. The zero-order valence-corrected chi connectivity index (χ0v) is 15.0. The lowest BCUT2D eigenvalue weighted by Gasteiger charge is -2.15. The molecule has 0 unspecified atom stereocenters. The second-order valence-corrected chi connectivity index (χ2v) is 6.17. The Kier molecular flexibility index (Phi) is 5.23. The van der Waals surface area contributed by atoms with E-state index in [0.29, 0.717) is 18.0 Å². The van der Waals surface area contributed by atoms with Crippen molar-refractivity contribution in [1.82, 2.24) is 15.1 Å². The predicted octanol–water partition coefficient (Wildman–Crippen LogP) is 3.88. The van der Waals surface area contributed by atoms with E-state index in [2.05, 4.69) is 10.4 Å². The molecule has 6 heteroatoms. The van der Waals surface area contributed by atoms with Gasteiger partial charge in [-0.05, 0) is 50.2 Å². The van der Waals surface area contributed by atoms with Crippen LogP contribution in [-0.4, -0.2) is 22.0 Å². The van der Waals surface area contributed by atoms with E-state index < -0.39 is 0 Å². The molecule has 0 aliphatic heterocycles. The predicted molar refractivity (Wildman–Crippen MR) is 98.2 cm³/mol. The molecule has 1 atom stereocenters. The fraction of sp³-hybridized carbons (Fsp3) is 0.250. The van der Waals surface area contributed by atoms with E-state index in [1.807, 2.05) is 19.9 Å². The molecule has 2 N–H and O–H groups in total. The van der Waals surface area contributed by atoms with Crippen molar-refractivity contribution in [3.05, 3.63) is 71.3 Å². The van der Waals surface area contributed by atoms with Crippen LogP contribution in [0.4, 0.5) is 4.39 Å². The van der Waals surface area contributed by atoms with Crippen LogP contribution in [-0.2, 0) is 6.54 Å². The van der Waals surface area contributed by atoms with Crippen LogP contribution < -0.4 is 10.1 Å². The summed E-state index contributed by atoms with van der Waals surface area (Å²) in [6.07, 6.45) is 1.78. The first-order valence-corrected chi connectivity index (χ1v) is 8.39. The van der Waals surface area contributed by atoms with Gasteiger partial charge in [-0.3, -0.25) is 0 Å². The minimum Gasteiger partial charge on any atom is -0.508 e. The average molecular weight is 355 g/mol. The van der Waals surface area contributed by atoms with E-state index in [9.17, 15) is 9.50 Å². The number of benzene rings is 2. The first-order valence-electron chi connectivity index (χ1n) is 8.39. The second kappa shape index (κ2) is 7.58. The van der Waals surface area contributed by atoms with Crippen molar-refractivity contribution in [2.45, 2.75) is 26.4 Å². The number of hydrogen-bond donors (Lipinski definition) is 2. The molecule has 5 nitrogen and oxygen atoms in total. The van der Waals surface area contributed by atoms with Crippen LogP contribution >= 0.6 is 0 Å². The number of hydrogen-bond acceptors (Lipinski definition) is 4. The van der Waals surface area contributed by atoms with Gasteiger partial charge in [-0.1, -0.05) is 6.07 Å². The van der Waals surface area contributed by atoms with Crippen LogP contribution in [0.3, 0.4) is 0 Å². The van der Waals surface area contributed by atoms with E-state index in [1.54, 1.807) is 42.3 Å². The molecule has 2 aromatic carbocycles. The van der Waals surface area contributed by atoms with Gasteiger partial charge in [-0.15, -0.1) is 0 Å². The Morgan fingerprint density at radius 3 is 2.81 bits per heavy atom. The molecule has 0 amide bonds. The third kappa shape index (κ3) is 3.70.